The van der Waals surface area contributed by atoms with Crippen molar-refractivity contribution in [3.8, 4) is 0 Å². The van der Waals surface area contributed by atoms with Gasteiger partial charge in [0.1, 0.15) is 5.78 Å². The molecule has 0 aliphatic rings. The first-order valence-electron chi connectivity index (χ1n) is 9.51. The molecule has 1 heteroatoms. The molecule has 1 rings (SSSR count). The van der Waals surface area contributed by atoms with Crippen LogP contribution in [0.4, 0.5) is 0 Å². The molecule has 0 fully saturated rings. The maximum atomic E-state index is 9.81. The monoisotopic (exact) mass is 332 g/mol. The number of ketones is 1. The molecule has 0 amide bonds. The molecule has 0 saturated heterocycles. The fourth-order valence-corrected chi connectivity index (χ4v) is 1.94. The molecule has 0 heterocycles. The zero-order valence-electron chi connectivity index (χ0n) is 17.5. The fraction of sp³-hybridized carbons (Fsp3) is 0.609. The van der Waals surface area contributed by atoms with Crippen LogP contribution in [-0.2, 0) is 4.79 Å². The molecular formula is C23H40O. The summed E-state index contributed by atoms with van der Waals surface area (Å²) in [6.45, 7) is 16.6. The molecule has 0 radical (unpaired) electrons. The minimum absolute atomic E-state index is 0.255. The van der Waals surface area contributed by atoms with Crippen LogP contribution < -0.4 is 0 Å². The van der Waals surface area contributed by atoms with Crippen LogP contribution in [0.3, 0.4) is 0 Å². The van der Waals surface area contributed by atoms with E-state index in [9.17, 15) is 4.79 Å². The third-order valence-electron chi connectivity index (χ3n) is 4.00. The topological polar surface area (TPSA) is 17.1 Å². The molecule has 0 saturated carbocycles. The van der Waals surface area contributed by atoms with E-state index in [-0.39, 0.29) is 5.78 Å². The van der Waals surface area contributed by atoms with Gasteiger partial charge in [-0.05, 0) is 51.3 Å². The highest BCUT2D eigenvalue weighted by Crippen LogP contribution is 2.20. The van der Waals surface area contributed by atoms with Crippen molar-refractivity contribution in [2.24, 2.45) is 0 Å². The third-order valence-corrected chi connectivity index (χ3v) is 4.00. The minimum Gasteiger partial charge on any atom is -0.300 e. The van der Waals surface area contributed by atoms with E-state index in [1.807, 2.05) is 6.92 Å². The second-order valence-electron chi connectivity index (χ2n) is 6.56. The summed E-state index contributed by atoms with van der Waals surface area (Å²) in [6, 6.07) is 8.51. The summed E-state index contributed by atoms with van der Waals surface area (Å²) in [7, 11) is 0. The first-order chi connectivity index (χ1) is 11.3. The third kappa shape index (κ3) is 14.2. The lowest BCUT2D eigenvalue weighted by atomic mass is 9.99. The van der Waals surface area contributed by atoms with Crippen molar-refractivity contribution in [3.63, 3.8) is 0 Å². The maximum absolute atomic E-state index is 9.81. The molecule has 0 bridgehead atoms. The van der Waals surface area contributed by atoms with E-state index in [1.165, 1.54) is 54.4 Å². The number of carbonyl (C=O) groups is 1. The summed E-state index contributed by atoms with van der Waals surface area (Å²) in [6.07, 6.45) is 7.68. The second kappa shape index (κ2) is 16.5. The number of hydrogen-bond acceptors (Lipinski definition) is 1. The van der Waals surface area contributed by atoms with Crippen LogP contribution in [0.15, 0.2) is 29.8 Å². The van der Waals surface area contributed by atoms with E-state index >= 15 is 0 Å². The predicted molar refractivity (Wildman–Crippen MR) is 111 cm³/mol. The van der Waals surface area contributed by atoms with Gasteiger partial charge in [0.25, 0.3) is 0 Å². The highest BCUT2D eigenvalue weighted by molar-refractivity contribution is 5.74. The largest absolute Gasteiger partial charge is 0.300 e. The molecule has 1 aromatic rings. The Labute approximate surface area is 151 Å². The Kier molecular flexibility index (Phi) is 17.1. The van der Waals surface area contributed by atoms with Crippen molar-refractivity contribution < 1.29 is 4.79 Å². The molecular weight excluding hydrogens is 292 g/mol. The Bertz CT molecular complexity index is 461. The van der Waals surface area contributed by atoms with Gasteiger partial charge in [0, 0.05) is 6.42 Å². The van der Waals surface area contributed by atoms with Gasteiger partial charge >= 0.3 is 0 Å². The van der Waals surface area contributed by atoms with Gasteiger partial charge < -0.3 is 4.79 Å². The van der Waals surface area contributed by atoms with Crippen LogP contribution >= 0.6 is 0 Å². The summed E-state index contributed by atoms with van der Waals surface area (Å²) in [5, 5.41) is 0. The number of unbranched alkanes of at least 4 members (excludes halogenated alkanes) is 4. The van der Waals surface area contributed by atoms with Crippen molar-refractivity contribution >= 4 is 11.4 Å². The summed E-state index contributed by atoms with van der Waals surface area (Å²) >= 11 is 0. The Morgan fingerprint density at radius 1 is 0.833 bits per heavy atom. The highest BCUT2D eigenvalue weighted by Gasteiger charge is 1.99. The second-order valence-corrected chi connectivity index (χ2v) is 6.56. The molecule has 1 aromatic carbocycles. The zero-order chi connectivity index (χ0) is 19.0. The predicted octanol–water partition coefficient (Wildman–Crippen LogP) is 7.77. The molecule has 0 aliphatic carbocycles. The lowest BCUT2D eigenvalue weighted by Gasteiger charge is -2.07. The van der Waals surface area contributed by atoms with Gasteiger partial charge in [0.15, 0.2) is 0 Å². The summed E-state index contributed by atoms with van der Waals surface area (Å²) in [5.74, 6) is 0.255. The van der Waals surface area contributed by atoms with Gasteiger partial charge in [-0.25, -0.2) is 0 Å². The average molecular weight is 333 g/mol. The Morgan fingerprint density at radius 2 is 1.29 bits per heavy atom. The lowest BCUT2D eigenvalue weighted by Crippen LogP contribution is -1.86. The smallest absolute Gasteiger partial charge is 0.129 e. The molecule has 0 N–H and O–H groups in total. The van der Waals surface area contributed by atoms with E-state index in [2.05, 4.69) is 65.8 Å². The number of hydrogen-bond donors (Lipinski definition) is 0. The molecule has 138 valence electrons. The highest BCUT2D eigenvalue weighted by atomic mass is 16.1. The first-order valence-corrected chi connectivity index (χ1v) is 9.51. The van der Waals surface area contributed by atoms with Crippen molar-refractivity contribution in [2.75, 3.05) is 0 Å². The Balaban J connectivity index is 0. The number of carbonyl (C=O) groups excluding carboxylic acids is 1. The van der Waals surface area contributed by atoms with Gasteiger partial charge in [-0.15, -0.1) is 0 Å². The normalized spacial score (nSPS) is 9.17. The van der Waals surface area contributed by atoms with E-state index in [0.717, 1.165) is 0 Å². The summed E-state index contributed by atoms with van der Waals surface area (Å²) < 4.78 is 0. The van der Waals surface area contributed by atoms with Crippen LogP contribution in [0.2, 0.25) is 0 Å². The average Bonchev–Trinajstić information content (AvgIpc) is 2.56. The van der Waals surface area contributed by atoms with Gasteiger partial charge in [-0.1, -0.05) is 82.7 Å². The molecule has 0 spiro atoms. The van der Waals surface area contributed by atoms with E-state index in [4.69, 9.17) is 0 Å². The minimum atomic E-state index is 0.255. The molecule has 0 aliphatic heterocycles. The SMILES string of the molecule is CC(C)=C(C)c1ccccc1C.CCC(C)=O.CCCCCCC. The van der Waals surface area contributed by atoms with E-state index in [1.54, 1.807) is 6.92 Å². The lowest BCUT2D eigenvalue weighted by molar-refractivity contribution is -0.116. The van der Waals surface area contributed by atoms with Crippen molar-refractivity contribution in [1.29, 1.82) is 0 Å². The first kappa shape index (κ1) is 24.9. The fourth-order valence-electron chi connectivity index (χ4n) is 1.94. The number of allylic oxidation sites excluding steroid dienone is 2. The van der Waals surface area contributed by atoms with Gasteiger partial charge in [0.05, 0.1) is 0 Å². The summed E-state index contributed by atoms with van der Waals surface area (Å²) in [5.41, 5.74) is 5.52. The van der Waals surface area contributed by atoms with Crippen molar-refractivity contribution in [1.82, 2.24) is 0 Å². The number of aryl methyl sites for hydroxylation is 1. The standard InChI is InChI=1S/C12H16.C7H16.C4H8O/c1-9(2)11(4)12-8-6-5-7-10(12)3;1-3-5-7-6-4-2;1-3-4(2)5/h5-8H,1-4H3;3-7H2,1-2H3;3H2,1-2H3. The van der Waals surface area contributed by atoms with E-state index in [0.29, 0.717) is 6.42 Å². The van der Waals surface area contributed by atoms with E-state index < -0.39 is 0 Å². The van der Waals surface area contributed by atoms with Crippen molar-refractivity contribution in [3.05, 3.63) is 41.0 Å². The quantitative estimate of drug-likeness (QED) is 0.486. The maximum Gasteiger partial charge on any atom is 0.129 e. The van der Waals surface area contributed by atoms with Crippen LogP contribution in [0.5, 0.6) is 0 Å². The number of Topliss-reactive ketones (excluding diaryl/α,β-unsaturated/α-hetero) is 1. The van der Waals surface area contributed by atoms with Crippen molar-refractivity contribution in [2.45, 2.75) is 93.9 Å². The van der Waals surface area contributed by atoms with Gasteiger partial charge in [-0.2, -0.15) is 0 Å². The van der Waals surface area contributed by atoms with Crippen LogP contribution in [0, 0.1) is 6.92 Å². The summed E-state index contributed by atoms with van der Waals surface area (Å²) in [4.78, 5) is 9.81. The Morgan fingerprint density at radius 3 is 1.62 bits per heavy atom. The zero-order valence-corrected chi connectivity index (χ0v) is 17.5. The molecule has 0 atom stereocenters. The Hall–Kier alpha value is -1.37. The van der Waals surface area contributed by atoms with Crippen LogP contribution in [0.1, 0.15) is 98.1 Å². The molecule has 24 heavy (non-hydrogen) atoms. The van der Waals surface area contributed by atoms with Gasteiger partial charge in [0.2, 0.25) is 0 Å². The molecule has 0 unspecified atom stereocenters. The van der Waals surface area contributed by atoms with Crippen LogP contribution in [0.25, 0.3) is 5.57 Å². The van der Waals surface area contributed by atoms with Crippen LogP contribution in [-0.4, -0.2) is 5.78 Å². The molecule has 0 aromatic heterocycles. The van der Waals surface area contributed by atoms with Gasteiger partial charge in [-0.3, -0.25) is 0 Å². The number of rotatable bonds is 6. The number of benzene rings is 1. The molecule has 1 nitrogen and oxygen atoms in total.